The number of carbonyl (C=O) groups excluding carboxylic acids is 1. The Balaban J connectivity index is 1.41. The van der Waals surface area contributed by atoms with Crippen LogP contribution in [0.25, 0.3) is 17.0 Å². The number of thioether (sulfide) groups is 1. The third-order valence-corrected chi connectivity index (χ3v) is 7.22. The van der Waals surface area contributed by atoms with Crippen molar-refractivity contribution in [2.24, 2.45) is 16.0 Å². The number of aromatic nitrogens is 1. The lowest BCUT2D eigenvalue weighted by molar-refractivity contribution is -0.114. The van der Waals surface area contributed by atoms with Crippen LogP contribution in [0.4, 0.5) is 0 Å². The fourth-order valence-corrected chi connectivity index (χ4v) is 5.09. The van der Waals surface area contributed by atoms with Crippen molar-refractivity contribution in [2.75, 3.05) is 6.61 Å². The first-order chi connectivity index (χ1) is 17.5. The van der Waals surface area contributed by atoms with Crippen LogP contribution >= 0.6 is 11.8 Å². The number of hydrazone groups is 1. The van der Waals surface area contributed by atoms with Crippen LogP contribution in [0, 0.1) is 11.3 Å². The van der Waals surface area contributed by atoms with Gasteiger partial charge in [0.1, 0.15) is 17.4 Å². The first kappa shape index (κ1) is 23.8. The summed E-state index contributed by atoms with van der Waals surface area (Å²) >= 11 is 1.35. The maximum Gasteiger partial charge on any atom is 0.283 e. The van der Waals surface area contributed by atoms with Gasteiger partial charge in [0.25, 0.3) is 5.91 Å². The number of allylic oxidation sites excluding steroid dienone is 1. The number of aliphatic imine (C=N–C) groups is 1. The standard InChI is InChI=1S/C28H27N5O2S/c1-4-9-19-10-5-8-13-24(19)35-15-14-32-17-20(21-11-6-7-12-23(21)32)16-22-25(29)33-28(30-26(22)34)36-27(31-33)18(2)3/h4-8,10-13,16-18,29H,1,9,14-15H2,2-3H3/b22-16-,29-25?. The first-order valence-electron chi connectivity index (χ1n) is 11.9. The lowest BCUT2D eigenvalue weighted by atomic mass is 10.1. The summed E-state index contributed by atoms with van der Waals surface area (Å²) in [5.74, 6) is 0.684. The highest BCUT2D eigenvalue weighted by Crippen LogP contribution is 2.32. The molecule has 0 aliphatic carbocycles. The highest BCUT2D eigenvalue weighted by Gasteiger charge is 2.36. The molecule has 8 heteroatoms. The van der Waals surface area contributed by atoms with E-state index in [1.807, 2.05) is 74.7 Å². The van der Waals surface area contributed by atoms with E-state index < -0.39 is 5.91 Å². The Labute approximate surface area is 214 Å². The molecule has 0 radical (unpaired) electrons. The van der Waals surface area contributed by atoms with Gasteiger partial charge in [-0.05, 0) is 42.0 Å². The fourth-order valence-electron chi connectivity index (χ4n) is 4.19. The highest BCUT2D eigenvalue weighted by molar-refractivity contribution is 8.27. The molecule has 2 aliphatic heterocycles. The zero-order valence-electron chi connectivity index (χ0n) is 20.3. The summed E-state index contributed by atoms with van der Waals surface area (Å²) in [7, 11) is 0. The smallest absolute Gasteiger partial charge is 0.283 e. The predicted octanol–water partition coefficient (Wildman–Crippen LogP) is 5.72. The number of benzene rings is 2. The van der Waals surface area contributed by atoms with Crippen LogP contribution in [-0.4, -0.2) is 38.1 Å². The summed E-state index contributed by atoms with van der Waals surface area (Å²) in [5, 5.41) is 16.9. The minimum absolute atomic E-state index is 0.0483. The second-order valence-corrected chi connectivity index (χ2v) is 9.84. The first-order valence-corrected chi connectivity index (χ1v) is 12.7. The van der Waals surface area contributed by atoms with Crippen LogP contribution < -0.4 is 4.74 Å². The molecule has 1 aromatic heterocycles. The van der Waals surface area contributed by atoms with Crippen LogP contribution in [0.2, 0.25) is 0 Å². The molecule has 0 saturated carbocycles. The number of nitrogens with one attached hydrogen (secondary N) is 1. The molecule has 0 saturated heterocycles. The molecule has 2 aromatic carbocycles. The van der Waals surface area contributed by atoms with Gasteiger partial charge < -0.3 is 9.30 Å². The molecule has 2 aliphatic rings. The number of hydrogen-bond donors (Lipinski definition) is 1. The Morgan fingerprint density at radius 2 is 1.94 bits per heavy atom. The average Bonchev–Trinajstić information content (AvgIpc) is 3.45. The maximum absolute atomic E-state index is 12.9. The Morgan fingerprint density at radius 3 is 2.75 bits per heavy atom. The molecule has 3 aromatic rings. The molecule has 1 amide bonds. The molecule has 5 rings (SSSR count). The molecule has 1 N–H and O–H groups in total. The molecule has 3 heterocycles. The number of carbonyl (C=O) groups is 1. The zero-order valence-corrected chi connectivity index (χ0v) is 21.1. The summed E-state index contributed by atoms with van der Waals surface area (Å²) in [4.78, 5) is 17.1. The Bertz CT molecular complexity index is 1460. The third-order valence-electron chi connectivity index (χ3n) is 6.01. The summed E-state index contributed by atoms with van der Waals surface area (Å²) in [6.07, 6.45) is 6.37. The molecule has 0 bridgehead atoms. The quantitative estimate of drug-likeness (QED) is 0.319. The van der Waals surface area contributed by atoms with Crippen molar-refractivity contribution in [1.29, 1.82) is 5.41 Å². The van der Waals surface area contributed by atoms with Gasteiger partial charge >= 0.3 is 0 Å². The van der Waals surface area contributed by atoms with Crippen LogP contribution in [0.15, 0.2) is 83.0 Å². The van der Waals surface area contributed by atoms with Crippen LogP contribution in [0.3, 0.4) is 0 Å². The third kappa shape index (κ3) is 4.52. The highest BCUT2D eigenvalue weighted by atomic mass is 32.2. The van der Waals surface area contributed by atoms with E-state index in [1.54, 1.807) is 6.08 Å². The largest absolute Gasteiger partial charge is 0.491 e. The van der Waals surface area contributed by atoms with Gasteiger partial charge in [-0.1, -0.05) is 56.3 Å². The number of ether oxygens (including phenoxy) is 1. The van der Waals surface area contributed by atoms with E-state index in [1.165, 1.54) is 16.8 Å². The van der Waals surface area contributed by atoms with E-state index in [0.29, 0.717) is 18.3 Å². The zero-order chi connectivity index (χ0) is 25.2. The molecule has 182 valence electrons. The molecular weight excluding hydrogens is 470 g/mol. The Hall–Kier alpha value is -3.91. The SMILES string of the molecule is C=CCc1ccccc1OCCn1cc(/C=C2/C(=N)N3N=C(C(C)C)SC3=NC2=O)c2ccccc21. The van der Waals surface area contributed by atoms with Gasteiger partial charge in [0, 0.05) is 28.6 Å². The van der Waals surface area contributed by atoms with E-state index in [2.05, 4.69) is 21.2 Å². The van der Waals surface area contributed by atoms with Crippen molar-refractivity contribution in [3.63, 3.8) is 0 Å². The summed E-state index contributed by atoms with van der Waals surface area (Å²) in [6.45, 7) is 9.01. The molecule has 0 spiro atoms. The van der Waals surface area contributed by atoms with Crippen molar-refractivity contribution < 1.29 is 9.53 Å². The second kappa shape index (κ2) is 9.99. The van der Waals surface area contributed by atoms with Crippen molar-refractivity contribution in [3.8, 4) is 5.75 Å². The molecule has 36 heavy (non-hydrogen) atoms. The summed E-state index contributed by atoms with van der Waals surface area (Å²) < 4.78 is 8.21. The maximum atomic E-state index is 12.9. The number of para-hydroxylation sites is 2. The van der Waals surface area contributed by atoms with Crippen molar-refractivity contribution in [3.05, 3.63) is 84.1 Å². The molecule has 0 unspecified atom stereocenters. The number of amides is 1. The van der Waals surface area contributed by atoms with Crippen molar-refractivity contribution >= 4 is 50.7 Å². The minimum atomic E-state index is -0.419. The lowest BCUT2D eigenvalue weighted by Crippen LogP contribution is -2.35. The van der Waals surface area contributed by atoms with Crippen LogP contribution in [0.1, 0.15) is 25.0 Å². The fraction of sp³-hybridized carbons (Fsp3) is 0.214. The molecular formula is C28H27N5O2S. The molecule has 0 fully saturated rings. The number of fused-ring (bicyclic) bond motifs is 2. The summed E-state index contributed by atoms with van der Waals surface area (Å²) in [5.41, 5.74) is 3.21. The van der Waals surface area contributed by atoms with Crippen LogP contribution in [0.5, 0.6) is 5.75 Å². The van der Waals surface area contributed by atoms with E-state index in [-0.39, 0.29) is 17.3 Å². The number of hydrogen-bond acceptors (Lipinski definition) is 5. The van der Waals surface area contributed by atoms with Gasteiger partial charge in [-0.25, -0.2) is 0 Å². The minimum Gasteiger partial charge on any atom is -0.491 e. The molecule has 0 atom stereocenters. The Kier molecular flexibility index (Phi) is 6.61. The van der Waals surface area contributed by atoms with Crippen LogP contribution in [-0.2, 0) is 17.8 Å². The molecule has 7 nitrogen and oxygen atoms in total. The number of nitrogens with zero attached hydrogens (tertiary/aromatic N) is 4. The average molecular weight is 498 g/mol. The monoisotopic (exact) mass is 497 g/mol. The van der Waals surface area contributed by atoms with E-state index in [0.717, 1.165) is 39.2 Å². The van der Waals surface area contributed by atoms with Gasteiger partial charge in [-0.2, -0.15) is 15.1 Å². The van der Waals surface area contributed by atoms with E-state index in [9.17, 15) is 4.79 Å². The Morgan fingerprint density at radius 1 is 1.17 bits per heavy atom. The van der Waals surface area contributed by atoms with Crippen molar-refractivity contribution in [1.82, 2.24) is 9.58 Å². The van der Waals surface area contributed by atoms with Gasteiger partial charge in [0.05, 0.1) is 12.1 Å². The van der Waals surface area contributed by atoms with Crippen molar-refractivity contribution in [2.45, 2.75) is 26.8 Å². The van der Waals surface area contributed by atoms with Gasteiger partial charge in [0.2, 0.25) is 5.17 Å². The predicted molar refractivity (Wildman–Crippen MR) is 148 cm³/mol. The number of rotatable bonds is 8. The number of amidine groups is 2. The van der Waals surface area contributed by atoms with E-state index in [4.69, 9.17) is 10.1 Å². The van der Waals surface area contributed by atoms with Gasteiger partial charge in [-0.3, -0.25) is 10.2 Å². The van der Waals surface area contributed by atoms with Gasteiger partial charge in [0.15, 0.2) is 5.84 Å². The van der Waals surface area contributed by atoms with E-state index >= 15 is 0 Å². The second-order valence-electron chi connectivity index (χ2n) is 8.86. The van der Waals surface area contributed by atoms with Gasteiger partial charge in [-0.15, -0.1) is 6.58 Å². The normalized spacial score (nSPS) is 16.5. The summed E-state index contributed by atoms with van der Waals surface area (Å²) in [6, 6.07) is 16.0. The topological polar surface area (TPSA) is 83.0 Å². The lowest BCUT2D eigenvalue weighted by Gasteiger charge is -2.20.